The van der Waals surface area contributed by atoms with Gasteiger partial charge in [-0.2, -0.15) is 10.1 Å². The lowest BCUT2D eigenvalue weighted by Gasteiger charge is -2.21. The molecule has 1 atom stereocenters. The van der Waals surface area contributed by atoms with Gasteiger partial charge in [-0.25, -0.2) is 9.50 Å². The summed E-state index contributed by atoms with van der Waals surface area (Å²) >= 11 is 1.41. The normalized spacial score (nSPS) is 15.2. The maximum absolute atomic E-state index is 11.2. The predicted molar refractivity (Wildman–Crippen MR) is 126 cm³/mol. The molecule has 0 aliphatic carbocycles. The highest BCUT2D eigenvalue weighted by Crippen LogP contribution is 2.26. The number of nitrogens with two attached hydrogens (primary N) is 1. The Morgan fingerprint density at radius 1 is 1.36 bits per heavy atom. The quantitative estimate of drug-likeness (QED) is 0.347. The van der Waals surface area contributed by atoms with Crippen LogP contribution in [0.1, 0.15) is 37.2 Å². The van der Waals surface area contributed by atoms with E-state index in [4.69, 9.17) is 5.73 Å². The van der Waals surface area contributed by atoms with Crippen LogP contribution in [0, 0.1) is 0 Å². The average molecular weight is 469 g/mol. The highest BCUT2D eigenvalue weighted by atomic mass is 32.1. The minimum Gasteiger partial charge on any atom is -0.364 e. The fourth-order valence-electron chi connectivity index (χ4n) is 3.44. The van der Waals surface area contributed by atoms with Crippen LogP contribution in [0.4, 0.5) is 22.7 Å². The van der Waals surface area contributed by atoms with Gasteiger partial charge in [0.1, 0.15) is 11.2 Å². The molecule has 4 aromatic rings. The molecule has 0 spiro atoms. The molecule has 5 heterocycles. The highest BCUT2D eigenvalue weighted by molar-refractivity contribution is 7.13. The van der Waals surface area contributed by atoms with Crippen molar-refractivity contribution >= 4 is 51.4 Å². The lowest BCUT2D eigenvalue weighted by molar-refractivity contribution is -0.114. The first-order valence-electron chi connectivity index (χ1n) is 10.3. The zero-order valence-corrected chi connectivity index (χ0v) is 19.0. The number of anilines is 4. The number of rotatable bonds is 5. The molecule has 33 heavy (non-hydrogen) atoms. The van der Waals surface area contributed by atoms with Crippen LogP contribution in [0.3, 0.4) is 0 Å². The van der Waals surface area contributed by atoms with Crippen LogP contribution in [0.5, 0.6) is 0 Å². The SMILES string of the molecule is CC(=O)Nc1nccs1.C[C@H]1CCCN1c1nc(Nc2cc(C(N)=O)[nH]n2)c2cccn2n1. The second kappa shape index (κ2) is 9.65. The number of hydrogen-bond donors (Lipinski definition) is 4. The monoisotopic (exact) mass is 468 g/mol. The number of amides is 2. The lowest BCUT2D eigenvalue weighted by Crippen LogP contribution is -2.29. The van der Waals surface area contributed by atoms with Gasteiger partial charge in [0.05, 0.1) is 0 Å². The summed E-state index contributed by atoms with van der Waals surface area (Å²) in [5.74, 6) is 1.15. The summed E-state index contributed by atoms with van der Waals surface area (Å²) in [5.41, 5.74) is 6.31. The van der Waals surface area contributed by atoms with Crippen LogP contribution in [-0.4, -0.2) is 54.2 Å². The van der Waals surface area contributed by atoms with Gasteiger partial charge in [0.25, 0.3) is 5.91 Å². The van der Waals surface area contributed by atoms with Crippen molar-refractivity contribution < 1.29 is 9.59 Å². The number of hydrogen-bond acceptors (Lipinski definition) is 9. The molecule has 0 unspecified atom stereocenters. The smallest absolute Gasteiger partial charge is 0.266 e. The third kappa shape index (κ3) is 5.26. The summed E-state index contributed by atoms with van der Waals surface area (Å²) in [5, 5.41) is 19.4. The van der Waals surface area contributed by atoms with E-state index in [1.165, 1.54) is 18.3 Å². The van der Waals surface area contributed by atoms with E-state index in [-0.39, 0.29) is 11.6 Å². The van der Waals surface area contributed by atoms with Crippen molar-refractivity contribution in [3.05, 3.63) is 41.7 Å². The van der Waals surface area contributed by atoms with Crippen LogP contribution in [-0.2, 0) is 4.79 Å². The number of nitrogens with one attached hydrogen (secondary N) is 3. The van der Waals surface area contributed by atoms with Crippen LogP contribution in [0.2, 0.25) is 0 Å². The first-order chi connectivity index (χ1) is 15.9. The van der Waals surface area contributed by atoms with Gasteiger partial charge >= 0.3 is 0 Å². The molecule has 5 rings (SSSR count). The van der Waals surface area contributed by atoms with Crippen molar-refractivity contribution in [1.29, 1.82) is 0 Å². The van der Waals surface area contributed by atoms with Gasteiger partial charge in [0.2, 0.25) is 11.9 Å². The molecule has 0 radical (unpaired) electrons. The number of aromatic nitrogens is 6. The number of fused-ring (bicyclic) bond motifs is 1. The van der Waals surface area contributed by atoms with E-state index < -0.39 is 5.91 Å². The number of primary amides is 1. The molecule has 0 bridgehead atoms. The zero-order valence-electron chi connectivity index (χ0n) is 18.1. The first kappa shape index (κ1) is 22.2. The van der Waals surface area contributed by atoms with E-state index in [2.05, 4.69) is 47.7 Å². The molecular formula is C20H24N10O2S. The fourth-order valence-corrected chi connectivity index (χ4v) is 4.01. The second-order valence-corrected chi connectivity index (χ2v) is 8.35. The lowest BCUT2D eigenvalue weighted by atomic mass is 10.2. The molecule has 0 saturated carbocycles. The van der Waals surface area contributed by atoms with Crippen molar-refractivity contribution in [3.8, 4) is 0 Å². The zero-order chi connectivity index (χ0) is 23.4. The Hall–Kier alpha value is -4.00. The van der Waals surface area contributed by atoms with Gasteiger partial charge in [-0.05, 0) is 31.9 Å². The molecular weight excluding hydrogens is 444 g/mol. The third-order valence-corrected chi connectivity index (χ3v) is 5.68. The summed E-state index contributed by atoms with van der Waals surface area (Å²) < 4.78 is 1.79. The largest absolute Gasteiger partial charge is 0.364 e. The van der Waals surface area contributed by atoms with Crippen LogP contribution in [0.25, 0.3) is 5.52 Å². The van der Waals surface area contributed by atoms with Gasteiger partial charge in [0, 0.05) is 43.4 Å². The van der Waals surface area contributed by atoms with E-state index in [0.717, 1.165) is 24.9 Å². The first-order valence-corrected chi connectivity index (χ1v) is 11.2. The van der Waals surface area contributed by atoms with Gasteiger partial charge in [-0.15, -0.1) is 16.4 Å². The minimum absolute atomic E-state index is 0.0787. The van der Waals surface area contributed by atoms with Gasteiger partial charge in [-0.1, -0.05) is 0 Å². The Bertz CT molecular complexity index is 1250. The van der Waals surface area contributed by atoms with Crippen LogP contribution >= 0.6 is 11.3 Å². The van der Waals surface area contributed by atoms with Crippen molar-refractivity contribution in [2.75, 3.05) is 22.1 Å². The molecule has 1 aliphatic rings. The molecule has 172 valence electrons. The fraction of sp³-hybridized carbons (Fsp3) is 0.300. The second-order valence-electron chi connectivity index (χ2n) is 7.46. The van der Waals surface area contributed by atoms with Crippen molar-refractivity contribution in [1.82, 2.24) is 29.8 Å². The molecule has 13 heteroatoms. The van der Waals surface area contributed by atoms with Crippen LogP contribution in [0.15, 0.2) is 36.0 Å². The van der Waals surface area contributed by atoms with Gasteiger partial charge in [-0.3, -0.25) is 14.7 Å². The van der Waals surface area contributed by atoms with E-state index in [1.807, 2.05) is 23.7 Å². The predicted octanol–water partition coefficient (Wildman–Crippen LogP) is 2.39. The molecule has 1 fully saturated rings. The van der Waals surface area contributed by atoms with E-state index >= 15 is 0 Å². The Labute approximate surface area is 193 Å². The average Bonchev–Trinajstić information content (AvgIpc) is 3.55. The number of H-pyrrole nitrogens is 1. The van der Waals surface area contributed by atoms with Crippen molar-refractivity contribution in [2.45, 2.75) is 32.7 Å². The number of carbonyl (C=O) groups excluding carboxylic acids is 2. The maximum Gasteiger partial charge on any atom is 0.266 e. The number of aromatic amines is 1. The summed E-state index contributed by atoms with van der Waals surface area (Å²) in [6.07, 6.45) is 5.80. The number of carbonyl (C=O) groups is 2. The highest BCUT2D eigenvalue weighted by Gasteiger charge is 2.24. The molecule has 5 N–H and O–H groups in total. The number of thiazole rings is 1. The Morgan fingerprint density at radius 3 is 2.85 bits per heavy atom. The maximum atomic E-state index is 11.2. The minimum atomic E-state index is -0.558. The Morgan fingerprint density at radius 2 is 2.21 bits per heavy atom. The van der Waals surface area contributed by atoms with Crippen molar-refractivity contribution in [2.24, 2.45) is 5.73 Å². The molecule has 12 nitrogen and oxygen atoms in total. The van der Waals surface area contributed by atoms with Crippen LogP contribution < -0.4 is 21.3 Å². The molecule has 1 saturated heterocycles. The Kier molecular flexibility index (Phi) is 6.49. The molecule has 0 aromatic carbocycles. The standard InChI is InChI=1S/C15H18N8O.C5H6N2OS/c1-9-4-2-6-22(9)15-18-14(11-5-3-7-23(11)21-15)17-12-8-10(13(16)24)19-20-12;1-4(8)7-5-6-2-3-9-5/h3,5,7-9H,2,4,6H2,1H3,(H2,16,24)(H2,17,18,19,20,21);2-3H,1H3,(H,6,7,8)/t9-;/m0./s1. The van der Waals surface area contributed by atoms with Gasteiger partial charge in [0.15, 0.2) is 16.8 Å². The van der Waals surface area contributed by atoms with E-state index in [9.17, 15) is 9.59 Å². The Balaban J connectivity index is 0.000000243. The summed E-state index contributed by atoms with van der Waals surface area (Å²) in [7, 11) is 0. The molecule has 1 aliphatic heterocycles. The molecule has 4 aromatic heterocycles. The summed E-state index contributed by atoms with van der Waals surface area (Å²) in [6, 6.07) is 5.80. The van der Waals surface area contributed by atoms with Crippen molar-refractivity contribution in [3.63, 3.8) is 0 Å². The number of nitrogens with zero attached hydrogens (tertiary/aromatic N) is 6. The third-order valence-electron chi connectivity index (χ3n) is 4.99. The van der Waals surface area contributed by atoms with Gasteiger partial charge < -0.3 is 21.3 Å². The van der Waals surface area contributed by atoms with E-state index in [0.29, 0.717) is 28.8 Å². The topological polar surface area (TPSA) is 159 Å². The molecule has 2 amide bonds. The summed E-state index contributed by atoms with van der Waals surface area (Å²) in [4.78, 5) is 32.3. The summed E-state index contributed by atoms with van der Waals surface area (Å²) in [6.45, 7) is 4.58. The van der Waals surface area contributed by atoms with E-state index in [1.54, 1.807) is 16.8 Å².